The molecule has 0 aliphatic carbocycles. The van der Waals surface area contributed by atoms with Crippen LogP contribution < -0.4 is 0 Å². The van der Waals surface area contributed by atoms with Gasteiger partial charge in [-0.25, -0.2) is 0 Å². The van der Waals surface area contributed by atoms with Crippen LogP contribution in [0.25, 0.3) is 0 Å². The Kier molecular flexibility index (Phi) is 8.48. The molecule has 7 heteroatoms. The fourth-order valence-corrected chi connectivity index (χ4v) is 4.01. The van der Waals surface area contributed by atoms with Gasteiger partial charge in [0.1, 0.15) is 0 Å². The second-order valence-corrected chi connectivity index (χ2v) is 9.44. The van der Waals surface area contributed by atoms with Crippen LogP contribution in [0.2, 0.25) is 0 Å². The number of likely N-dealkylation sites (tertiary alicyclic amines) is 1. The van der Waals surface area contributed by atoms with Crippen molar-refractivity contribution < 1.29 is 9.59 Å². The number of rotatable bonds is 2. The van der Waals surface area contributed by atoms with Gasteiger partial charge in [-0.2, -0.15) is 0 Å². The van der Waals surface area contributed by atoms with Crippen molar-refractivity contribution in [3.05, 3.63) is 68.6 Å². The molecule has 5 nitrogen and oxygen atoms in total. The summed E-state index contributed by atoms with van der Waals surface area (Å²) in [6.45, 7) is 5.39. The number of hydrogen-bond acceptors (Lipinski definition) is 3. The topological polar surface area (TPSA) is 43.9 Å². The van der Waals surface area contributed by atoms with Crippen LogP contribution in [0.4, 0.5) is 0 Å². The van der Waals surface area contributed by atoms with Gasteiger partial charge >= 0.3 is 0 Å². The predicted octanol–water partition coefficient (Wildman–Crippen LogP) is 4.52. The molecule has 2 saturated heterocycles. The molecule has 2 aliphatic heterocycles. The molecule has 0 radical (unpaired) electrons. The van der Waals surface area contributed by atoms with Gasteiger partial charge in [0, 0.05) is 59.3 Å². The summed E-state index contributed by atoms with van der Waals surface area (Å²) < 4.78 is 2.01. The molecule has 2 fully saturated rings. The molecular formula is C23H27Br2N3O2. The van der Waals surface area contributed by atoms with E-state index in [-0.39, 0.29) is 11.8 Å². The molecule has 0 spiro atoms. The highest BCUT2D eigenvalue weighted by atomic mass is 79.9. The van der Waals surface area contributed by atoms with Gasteiger partial charge in [0.05, 0.1) is 0 Å². The Hall–Kier alpha value is -1.70. The van der Waals surface area contributed by atoms with E-state index in [0.717, 1.165) is 72.2 Å². The van der Waals surface area contributed by atoms with Crippen LogP contribution in [-0.2, 0) is 0 Å². The molecule has 30 heavy (non-hydrogen) atoms. The van der Waals surface area contributed by atoms with Crippen molar-refractivity contribution in [3.63, 3.8) is 0 Å². The third kappa shape index (κ3) is 6.40. The lowest BCUT2D eigenvalue weighted by Gasteiger charge is -2.32. The molecular weight excluding hydrogens is 510 g/mol. The van der Waals surface area contributed by atoms with Crippen LogP contribution in [-0.4, -0.2) is 72.8 Å². The monoisotopic (exact) mass is 535 g/mol. The Labute approximate surface area is 195 Å². The van der Waals surface area contributed by atoms with Crippen molar-refractivity contribution in [2.45, 2.75) is 12.8 Å². The second-order valence-electron chi connectivity index (χ2n) is 7.61. The fourth-order valence-electron chi connectivity index (χ4n) is 3.48. The minimum Gasteiger partial charge on any atom is -0.339 e. The van der Waals surface area contributed by atoms with Gasteiger partial charge in [0.15, 0.2) is 0 Å². The summed E-state index contributed by atoms with van der Waals surface area (Å²) in [5.74, 6) is 0.301. The number of hydrogen-bond donors (Lipinski definition) is 0. The Balaban J connectivity index is 0.000000172. The minimum atomic E-state index is 0.139. The van der Waals surface area contributed by atoms with Gasteiger partial charge in [-0.15, -0.1) is 0 Å². The van der Waals surface area contributed by atoms with Crippen LogP contribution in [0.5, 0.6) is 0 Å². The van der Waals surface area contributed by atoms with Crippen LogP contribution in [0, 0.1) is 0 Å². The lowest BCUT2D eigenvalue weighted by molar-refractivity contribution is 0.0663. The molecule has 0 unspecified atom stereocenters. The van der Waals surface area contributed by atoms with Crippen molar-refractivity contribution in [2.24, 2.45) is 0 Å². The van der Waals surface area contributed by atoms with Gasteiger partial charge in [0.2, 0.25) is 0 Å². The van der Waals surface area contributed by atoms with Gasteiger partial charge in [0.25, 0.3) is 11.8 Å². The lowest BCUT2D eigenvalue weighted by atomic mass is 10.2. The van der Waals surface area contributed by atoms with Gasteiger partial charge < -0.3 is 14.7 Å². The fraction of sp³-hybridized carbons (Fsp3) is 0.391. The maximum atomic E-state index is 12.1. The summed E-state index contributed by atoms with van der Waals surface area (Å²) >= 11 is 6.72. The maximum absolute atomic E-state index is 12.1. The first-order chi connectivity index (χ1) is 14.4. The van der Waals surface area contributed by atoms with Crippen molar-refractivity contribution in [1.29, 1.82) is 0 Å². The summed E-state index contributed by atoms with van der Waals surface area (Å²) in [4.78, 5) is 30.1. The van der Waals surface area contributed by atoms with E-state index >= 15 is 0 Å². The van der Waals surface area contributed by atoms with Gasteiger partial charge in [-0.1, -0.05) is 31.9 Å². The average Bonchev–Trinajstić information content (AvgIpc) is 3.30. The van der Waals surface area contributed by atoms with E-state index in [0.29, 0.717) is 0 Å². The second kappa shape index (κ2) is 11.1. The predicted molar refractivity (Wildman–Crippen MR) is 127 cm³/mol. The molecule has 2 heterocycles. The van der Waals surface area contributed by atoms with Crippen LogP contribution in [0.15, 0.2) is 57.5 Å². The van der Waals surface area contributed by atoms with E-state index < -0.39 is 0 Å². The summed E-state index contributed by atoms with van der Waals surface area (Å²) in [7, 11) is 2.08. The SMILES string of the molecule is CN1CCN(C(=O)c2ccc(Br)cc2)CC1.O=C(c1ccc(Br)cc1)N1CCCC1. The number of piperazine rings is 1. The summed E-state index contributed by atoms with van der Waals surface area (Å²) in [6, 6.07) is 15.1. The standard InChI is InChI=1S/C12H15BrN2O.C11H12BrNO/c1-14-6-8-15(9-7-14)12(16)10-2-4-11(13)5-3-10;12-10-5-3-9(4-6-10)11(14)13-7-1-2-8-13/h2-5H,6-9H2,1H3;3-6H,1-2,7-8H2. The van der Waals surface area contributed by atoms with Crippen LogP contribution in [0.1, 0.15) is 33.6 Å². The van der Waals surface area contributed by atoms with Crippen LogP contribution >= 0.6 is 31.9 Å². The zero-order chi connectivity index (χ0) is 21.5. The van der Waals surface area contributed by atoms with Crippen LogP contribution in [0.3, 0.4) is 0 Å². The van der Waals surface area contributed by atoms with E-state index in [1.807, 2.05) is 58.3 Å². The Morgan fingerprint density at radius 1 is 0.633 bits per heavy atom. The molecule has 2 aromatic carbocycles. The third-order valence-electron chi connectivity index (χ3n) is 5.37. The summed E-state index contributed by atoms with van der Waals surface area (Å²) in [5.41, 5.74) is 1.56. The van der Waals surface area contributed by atoms with E-state index in [1.165, 1.54) is 0 Å². The lowest BCUT2D eigenvalue weighted by Crippen LogP contribution is -2.47. The minimum absolute atomic E-state index is 0.139. The quantitative estimate of drug-likeness (QED) is 0.566. The number of likely N-dealkylation sites (N-methyl/N-ethyl adjacent to an activating group) is 1. The number of amides is 2. The largest absolute Gasteiger partial charge is 0.339 e. The smallest absolute Gasteiger partial charge is 0.253 e. The van der Waals surface area contributed by atoms with E-state index in [2.05, 4.69) is 43.8 Å². The summed E-state index contributed by atoms with van der Waals surface area (Å²) in [5, 5.41) is 0. The van der Waals surface area contributed by atoms with Crippen molar-refractivity contribution in [2.75, 3.05) is 46.3 Å². The molecule has 160 valence electrons. The van der Waals surface area contributed by atoms with E-state index in [1.54, 1.807) is 0 Å². The number of halogens is 2. The number of carbonyl (C=O) groups excluding carboxylic acids is 2. The first-order valence-electron chi connectivity index (χ1n) is 10.2. The number of carbonyl (C=O) groups is 2. The average molecular weight is 537 g/mol. The Morgan fingerprint density at radius 3 is 1.40 bits per heavy atom. The summed E-state index contributed by atoms with van der Waals surface area (Å²) in [6.07, 6.45) is 2.28. The first-order valence-corrected chi connectivity index (χ1v) is 11.8. The molecule has 2 aromatic rings. The Bertz CT molecular complexity index is 842. The van der Waals surface area contributed by atoms with Crippen molar-refractivity contribution in [1.82, 2.24) is 14.7 Å². The number of benzene rings is 2. The third-order valence-corrected chi connectivity index (χ3v) is 6.42. The zero-order valence-corrected chi connectivity index (χ0v) is 20.4. The van der Waals surface area contributed by atoms with E-state index in [4.69, 9.17) is 0 Å². The molecule has 2 amide bonds. The molecule has 2 aliphatic rings. The van der Waals surface area contributed by atoms with Gasteiger partial charge in [-0.3, -0.25) is 9.59 Å². The van der Waals surface area contributed by atoms with Gasteiger partial charge in [-0.05, 0) is 68.4 Å². The van der Waals surface area contributed by atoms with Crippen molar-refractivity contribution >= 4 is 43.7 Å². The maximum Gasteiger partial charge on any atom is 0.253 e. The zero-order valence-electron chi connectivity index (χ0n) is 17.2. The first kappa shape index (κ1) is 23.0. The Morgan fingerprint density at radius 2 is 1.00 bits per heavy atom. The molecule has 0 atom stereocenters. The highest BCUT2D eigenvalue weighted by Gasteiger charge is 2.20. The molecule has 0 bridgehead atoms. The van der Waals surface area contributed by atoms with E-state index in [9.17, 15) is 9.59 Å². The number of nitrogens with zero attached hydrogens (tertiary/aromatic N) is 3. The molecule has 0 N–H and O–H groups in total. The molecule has 4 rings (SSSR count). The molecule has 0 saturated carbocycles. The van der Waals surface area contributed by atoms with Crippen molar-refractivity contribution in [3.8, 4) is 0 Å². The molecule has 0 aromatic heterocycles. The normalized spacial score (nSPS) is 16.8. The highest BCUT2D eigenvalue weighted by Crippen LogP contribution is 2.16. The highest BCUT2D eigenvalue weighted by molar-refractivity contribution is 9.10.